The van der Waals surface area contributed by atoms with E-state index in [4.69, 9.17) is 4.43 Å². The molecule has 1 saturated heterocycles. The Morgan fingerprint density at radius 3 is 1.68 bits per heavy atom. The Balaban J connectivity index is 0.00000133. The van der Waals surface area contributed by atoms with Crippen LogP contribution in [0.15, 0.2) is 60.7 Å². The van der Waals surface area contributed by atoms with Gasteiger partial charge in [-0.2, -0.15) is 0 Å². The predicted octanol–water partition coefficient (Wildman–Crippen LogP) is 2.72. The summed E-state index contributed by atoms with van der Waals surface area (Å²) >= 11 is 0. The molecule has 0 bridgehead atoms. The van der Waals surface area contributed by atoms with Crippen LogP contribution in [0.2, 0.25) is 6.04 Å². The SMILES string of the molecule is N.c1ccc([Si]2(c3ccccc3)CCCCO2)cc1. The largest absolute Gasteiger partial charge is 0.408 e. The monoisotopic (exact) mass is 271 g/mol. The summed E-state index contributed by atoms with van der Waals surface area (Å²) in [6, 6.07) is 22.9. The number of hydrogen-bond donors (Lipinski definition) is 1. The second kappa shape index (κ2) is 6.15. The van der Waals surface area contributed by atoms with Gasteiger partial charge in [-0.1, -0.05) is 67.1 Å². The maximum absolute atomic E-state index is 6.38. The van der Waals surface area contributed by atoms with Crippen LogP contribution in [0.5, 0.6) is 0 Å². The first-order valence-corrected chi connectivity index (χ1v) is 8.78. The van der Waals surface area contributed by atoms with Gasteiger partial charge in [0.05, 0.1) is 0 Å². The van der Waals surface area contributed by atoms with E-state index in [1.54, 1.807) is 0 Å². The molecule has 1 heterocycles. The maximum Gasteiger partial charge on any atom is 0.255 e. The van der Waals surface area contributed by atoms with Crippen molar-refractivity contribution in [2.24, 2.45) is 0 Å². The highest BCUT2D eigenvalue weighted by Crippen LogP contribution is 2.21. The summed E-state index contributed by atoms with van der Waals surface area (Å²) in [5.74, 6) is 0. The van der Waals surface area contributed by atoms with Crippen molar-refractivity contribution >= 4 is 18.7 Å². The van der Waals surface area contributed by atoms with Crippen molar-refractivity contribution in [3.63, 3.8) is 0 Å². The molecule has 1 aliphatic rings. The molecule has 1 fully saturated rings. The highest BCUT2D eigenvalue weighted by Gasteiger charge is 2.40. The summed E-state index contributed by atoms with van der Waals surface area (Å²) in [6.07, 6.45) is 2.49. The Hall–Kier alpha value is -1.42. The van der Waals surface area contributed by atoms with Gasteiger partial charge in [0.25, 0.3) is 8.32 Å². The Bertz CT molecular complexity index is 453. The van der Waals surface area contributed by atoms with E-state index in [0.29, 0.717) is 0 Å². The van der Waals surface area contributed by atoms with Gasteiger partial charge < -0.3 is 10.6 Å². The van der Waals surface area contributed by atoms with E-state index in [2.05, 4.69) is 60.7 Å². The third-order valence-corrected chi connectivity index (χ3v) is 8.04. The zero-order chi connectivity index (χ0) is 12.3. The fourth-order valence-electron chi connectivity index (χ4n) is 2.83. The van der Waals surface area contributed by atoms with Gasteiger partial charge in [0.1, 0.15) is 0 Å². The average Bonchev–Trinajstić information content (AvgIpc) is 2.50. The molecular formula is C16H21NOSi. The van der Waals surface area contributed by atoms with Crippen molar-refractivity contribution in [2.75, 3.05) is 6.61 Å². The van der Waals surface area contributed by atoms with E-state index in [1.807, 2.05) is 0 Å². The molecule has 3 heteroatoms. The molecule has 0 spiro atoms. The van der Waals surface area contributed by atoms with Crippen LogP contribution in [0.1, 0.15) is 12.8 Å². The van der Waals surface area contributed by atoms with Gasteiger partial charge in [0.15, 0.2) is 0 Å². The molecule has 2 aromatic rings. The van der Waals surface area contributed by atoms with Gasteiger partial charge in [-0.25, -0.2) is 0 Å². The summed E-state index contributed by atoms with van der Waals surface area (Å²) in [4.78, 5) is 0. The third-order valence-electron chi connectivity index (χ3n) is 3.75. The molecule has 0 saturated carbocycles. The van der Waals surface area contributed by atoms with Crippen molar-refractivity contribution in [2.45, 2.75) is 18.9 Å². The normalized spacial score (nSPS) is 17.5. The van der Waals surface area contributed by atoms with E-state index in [9.17, 15) is 0 Å². The van der Waals surface area contributed by atoms with E-state index in [0.717, 1.165) is 6.61 Å². The van der Waals surface area contributed by atoms with Gasteiger partial charge in [-0.15, -0.1) is 0 Å². The summed E-state index contributed by atoms with van der Waals surface area (Å²) in [7, 11) is -1.93. The highest BCUT2D eigenvalue weighted by atomic mass is 28.4. The molecule has 0 unspecified atom stereocenters. The first-order valence-electron chi connectivity index (χ1n) is 6.67. The second-order valence-corrected chi connectivity index (χ2v) is 8.46. The number of benzene rings is 2. The standard InChI is InChI=1S/C16H18OSi.H3N/c1-3-9-15(10-4-1)18(14-8-7-13-17-18)16-11-5-2-6-12-16;/h1-6,9-12H,7-8,13-14H2;1H3. The van der Waals surface area contributed by atoms with E-state index >= 15 is 0 Å². The second-order valence-electron chi connectivity index (χ2n) is 4.86. The lowest BCUT2D eigenvalue weighted by atomic mass is 10.3. The lowest BCUT2D eigenvalue weighted by molar-refractivity contribution is 0.284. The van der Waals surface area contributed by atoms with Crippen LogP contribution in [-0.4, -0.2) is 14.9 Å². The zero-order valence-electron chi connectivity index (χ0n) is 11.2. The first-order chi connectivity index (χ1) is 8.92. The van der Waals surface area contributed by atoms with E-state index < -0.39 is 8.32 Å². The molecule has 3 rings (SSSR count). The molecule has 100 valence electrons. The number of hydrogen-bond acceptors (Lipinski definition) is 2. The molecule has 2 nitrogen and oxygen atoms in total. The van der Waals surface area contributed by atoms with E-state index in [-0.39, 0.29) is 6.15 Å². The number of rotatable bonds is 2. The van der Waals surface area contributed by atoms with Gasteiger partial charge in [-0.3, -0.25) is 0 Å². The summed E-state index contributed by atoms with van der Waals surface area (Å²) in [5.41, 5.74) is 0. The molecule has 0 aromatic heterocycles. The fraction of sp³-hybridized carbons (Fsp3) is 0.250. The van der Waals surface area contributed by atoms with Crippen LogP contribution < -0.4 is 16.5 Å². The van der Waals surface area contributed by atoms with Crippen LogP contribution in [0.4, 0.5) is 0 Å². The van der Waals surface area contributed by atoms with Gasteiger partial charge >= 0.3 is 0 Å². The fourth-order valence-corrected chi connectivity index (χ4v) is 6.92. The maximum atomic E-state index is 6.38. The van der Waals surface area contributed by atoms with Crippen LogP contribution in [0.3, 0.4) is 0 Å². The van der Waals surface area contributed by atoms with Crippen LogP contribution in [0.25, 0.3) is 0 Å². The summed E-state index contributed by atoms with van der Waals surface area (Å²) in [6.45, 7) is 0.913. The lowest BCUT2D eigenvalue weighted by Crippen LogP contribution is -2.62. The molecule has 2 aromatic carbocycles. The van der Waals surface area contributed by atoms with Crippen LogP contribution in [0, 0.1) is 0 Å². The van der Waals surface area contributed by atoms with Crippen LogP contribution in [-0.2, 0) is 4.43 Å². The highest BCUT2D eigenvalue weighted by molar-refractivity contribution is 6.97. The van der Waals surface area contributed by atoms with Crippen molar-refractivity contribution < 1.29 is 4.43 Å². The lowest BCUT2D eigenvalue weighted by Gasteiger charge is -2.35. The Morgan fingerprint density at radius 1 is 0.737 bits per heavy atom. The van der Waals surface area contributed by atoms with Crippen molar-refractivity contribution in [1.29, 1.82) is 0 Å². The molecule has 0 atom stereocenters. The quantitative estimate of drug-likeness (QED) is 0.854. The molecule has 0 radical (unpaired) electrons. The van der Waals surface area contributed by atoms with E-state index in [1.165, 1.54) is 29.3 Å². The Morgan fingerprint density at radius 2 is 1.26 bits per heavy atom. The molecule has 0 amide bonds. The smallest absolute Gasteiger partial charge is 0.255 e. The molecule has 19 heavy (non-hydrogen) atoms. The predicted molar refractivity (Wildman–Crippen MR) is 82.9 cm³/mol. The van der Waals surface area contributed by atoms with Gasteiger partial charge in [-0.05, 0) is 22.8 Å². The van der Waals surface area contributed by atoms with Crippen LogP contribution >= 0.6 is 0 Å². The minimum absolute atomic E-state index is 0. The van der Waals surface area contributed by atoms with Crippen molar-refractivity contribution in [3.8, 4) is 0 Å². The topological polar surface area (TPSA) is 44.2 Å². The van der Waals surface area contributed by atoms with Gasteiger partial charge in [0.2, 0.25) is 0 Å². The Labute approximate surface area is 116 Å². The molecule has 1 aliphatic heterocycles. The molecular weight excluding hydrogens is 250 g/mol. The average molecular weight is 271 g/mol. The minimum atomic E-state index is -1.93. The summed E-state index contributed by atoms with van der Waals surface area (Å²) < 4.78 is 6.38. The third kappa shape index (κ3) is 2.63. The Kier molecular flexibility index (Phi) is 4.53. The molecule has 3 N–H and O–H groups in total. The summed E-state index contributed by atoms with van der Waals surface area (Å²) in [5, 5.41) is 2.83. The van der Waals surface area contributed by atoms with Crippen molar-refractivity contribution in [3.05, 3.63) is 60.7 Å². The van der Waals surface area contributed by atoms with Crippen molar-refractivity contribution in [1.82, 2.24) is 6.15 Å². The zero-order valence-corrected chi connectivity index (χ0v) is 12.2. The van der Waals surface area contributed by atoms with Gasteiger partial charge in [0, 0.05) is 6.61 Å². The minimum Gasteiger partial charge on any atom is -0.408 e. The molecule has 0 aliphatic carbocycles. The first kappa shape index (κ1) is 14.0.